The summed E-state index contributed by atoms with van der Waals surface area (Å²) in [6.45, 7) is 3.87. The minimum Gasteiger partial charge on any atom is -0.349 e. The molecule has 0 amide bonds. The van der Waals surface area contributed by atoms with E-state index < -0.39 is 0 Å². The molecule has 1 aromatic carbocycles. The molecule has 2 nitrogen and oxygen atoms in total. The van der Waals surface area contributed by atoms with E-state index in [0.717, 1.165) is 38.9 Å². The van der Waals surface area contributed by atoms with E-state index in [2.05, 4.69) is 31.2 Å². The number of ether oxygens (including phenoxy) is 2. The highest BCUT2D eigenvalue weighted by Crippen LogP contribution is 2.29. The number of hydrogen-bond acceptors (Lipinski definition) is 2. The SMILES string of the molecule is CCCCC1(Cc2ccccc2)OCCCO1. The first-order valence-corrected chi connectivity index (χ1v) is 6.66. The molecule has 0 unspecified atom stereocenters. The molecule has 0 spiro atoms. The topological polar surface area (TPSA) is 18.5 Å². The molecule has 1 aliphatic rings. The van der Waals surface area contributed by atoms with Crippen LogP contribution >= 0.6 is 0 Å². The van der Waals surface area contributed by atoms with Crippen LogP contribution in [0.1, 0.15) is 38.2 Å². The van der Waals surface area contributed by atoms with Crippen LogP contribution in [-0.2, 0) is 15.9 Å². The van der Waals surface area contributed by atoms with Crippen molar-refractivity contribution in [3.05, 3.63) is 35.9 Å². The van der Waals surface area contributed by atoms with Crippen LogP contribution in [0.2, 0.25) is 0 Å². The van der Waals surface area contributed by atoms with Crippen molar-refractivity contribution in [2.24, 2.45) is 0 Å². The predicted octanol–water partition coefficient (Wildman–Crippen LogP) is 3.55. The maximum atomic E-state index is 5.95. The van der Waals surface area contributed by atoms with Crippen LogP contribution in [-0.4, -0.2) is 19.0 Å². The lowest BCUT2D eigenvalue weighted by Crippen LogP contribution is -2.42. The molecule has 0 aliphatic carbocycles. The van der Waals surface area contributed by atoms with Crippen molar-refractivity contribution in [3.8, 4) is 0 Å². The Labute approximate surface area is 104 Å². The van der Waals surface area contributed by atoms with Crippen LogP contribution in [0.25, 0.3) is 0 Å². The third-order valence-corrected chi connectivity index (χ3v) is 3.25. The summed E-state index contributed by atoms with van der Waals surface area (Å²) in [7, 11) is 0. The maximum Gasteiger partial charge on any atom is 0.172 e. The third kappa shape index (κ3) is 3.55. The largest absolute Gasteiger partial charge is 0.349 e. The van der Waals surface area contributed by atoms with Gasteiger partial charge in [-0.15, -0.1) is 0 Å². The molecule has 1 saturated heterocycles. The van der Waals surface area contributed by atoms with E-state index in [1.165, 1.54) is 12.0 Å². The van der Waals surface area contributed by atoms with Gasteiger partial charge in [0.25, 0.3) is 0 Å². The zero-order valence-corrected chi connectivity index (χ0v) is 10.7. The number of unbranched alkanes of at least 4 members (excludes halogenated alkanes) is 1. The highest BCUT2D eigenvalue weighted by Gasteiger charge is 2.33. The van der Waals surface area contributed by atoms with Gasteiger partial charge in [0.1, 0.15) is 0 Å². The average molecular weight is 234 g/mol. The summed E-state index contributed by atoms with van der Waals surface area (Å²) in [5, 5.41) is 0. The highest BCUT2D eigenvalue weighted by molar-refractivity contribution is 5.16. The van der Waals surface area contributed by atoms with Crippen molar-refractivity contribution < 1.29 is 9.47 Å². The molecule has 17 heavy (non-hydrogen) atoms. The monoisotopic (exact) mass is 234 g/mol. The van der Waals surface area contributed by atoms with Crippen LogP contribution in [0.4, 0.5) is 0 Å². The lowest BCUT2D eigenvalue weighted by atomic mass is 9.99. The fourth-order valence-electron chi connectivity index (χ4n) is 2.30. The van der Waals surface area contributed by atoms with Gasteiger partial charge in [-0.3, -0.25) is 0 Å². The number of hydrogen-bond donors (Lipinski definition) is 0. The van der Waals surface area contributed by atoms with Crippen LogP contribution < -0.4 is 0 Å². The molecule has 2 rings (SSSR count). The van der Waals surface area contributed by atoms with Crippen LogP contribution in [0.3, 0.4) is 0 Å². The first-order valence-electron chi connectivity index (χ1n) is 6.66. The number of benzene rings is 1. The van der Waals surface area contributed by atoms with E-state index in [1.807, 2.05) is 6.07 Å². The first-order chi connectivity index (χ1) is 8.35. The normalized spacial score (nSPS) is 19.1. The van der Waals surface area contributed by atoms with E-state index in [9.17, 15) is 0 Å². The van der Waals surface area contributed by atoms with Crippen LogP contribution in [0.5, 0.6) is 0 Å². The molecule has 1 heterocycles. The summed E-state index contributed by atoms with van der Waals surface area (Å²) >= 11 is 0. The van der Waals surface area contributed by atoms with Crippen molar-refractivity contribution in [1.82, 2.24) is 0 Å². The van der Waals surface area contributed by atoms with Gasteiger partial charge in [0.05, 0.1) is 13.2 Å². The summed E-state index contributed by atoms with van der Waals surface area (Å²) in [6, 6.07) is 10.5. The minimum absolute atomic E-state index is 0.365. The van der Waals surface area contributed by atoms with Gasteiger partial charge in [0, 0.05) is 12.8 Å². The first kappa shape index (κ1) is 12.6. The van der Waals surface area contributed by atoms with Gasteiger partial charge in [-0.05, 0) is 18.4 Å². The van der Waals surface area contributed by atoms with Crippen LogP contribution in [0.15, 0.2) is 30.3 Å². The van der Waals surface area contributed by atoms with E-state index in [1.54, 1.807) is 0 Å². The van der Waals surface area contributed by atoms with Crippen molar-refractivity contribution in [1.29, 1.82) is 0 Å². The van der Waals surface area contributed by atoms with Gasteiger partial charge >= 0.3 is 0 Å². The minimum atomic E-state index is -0.365. The second-order valence-corrected chi connectivity index (χ2v) is 4.73. The van der Waals surface area contributed by atoms with E-state index >= 15 is 0 Å². The summed E-state index contributed by atoms with van der Waals surface area (Å²) in [5.41, 5.74) is 1.30. The standard InChI is InChI=1S/C15H22O2/c1-2-3-10-15(16-11-7-12-17-15)13-14-8-5-4-6-9-14/h4-6,8-9H,2-3,7,10-13H2,1H3. The second-order valence-electron chi connectivity index (χ2n) is 4.73. The van der Waals surface area contributed by atoms with Crippen molar-refractivity contribution in [3.63, 3.8) is 0 Å². The zero-order valence-electron chi connectivity index (χ0n) is 10.7. The Bertz CT molecular complexity index is 315. The molecule has 1 aliphatic heterocycles. The second kappa shape index (κ2) is 6.18. The third-order valence-electron chi connectivity index (χ3n) is 3.25. The molecule has 0 bridgehead atoms. The Balaban J connectivity index is 2.04. The van der Waals surface area contributed by atoms with E-state index in [-0.39, 0.29) is 5.79 Å². The molecule has 2 heteroatoms. The van der Waals surface area contributed by atoms with E-state index in [4.69, 9.17) is 9.47 Å². The molecule has 0 atom stereocenters. The number of rotatable bonds is 5. The van der Waals surface area contributed by atoms with Crippen molar-refractivity contribution >= 4 is 0 Å². The summed E-state index contributed by atoms with van der Waals surface area (Å²) in [6.07, 6.45) is 5.23. The maximum absolute atomic E-state index is 5.95. The highest BCUT2D eigenvalue weighted by atomic mass is 16.7. The lowest BCUT2D eigenvalue weighted by Gasteiger charge is -2.37. The molecule has 1 aromatic rings. The molecule has 0 radical (unpaired) electrons. The molecule has 0 N–H and O–H groups in total. The zero-order chi connectivity index (χ0) is 12.0. The van der Waals surface area contributed by atoms with Gasteiger partial charge in [0.15, 0.2) is 5.79 Å². The van der Waals surface area contributed by atoms with Gasteiger partial charge in [-0.25, -0.2) is 0 Å². The molecule has 94 valence electrons. The Morgan fingerprint density at radius 2 is 1.82 bits per heavy atom. The van der Waals surface area contributed by atoms with Gasteiger partial charge in [-0.2, -0.15) is 0 Å². The van der Waals surface area contributed by atoms with Gasteiger partial charge < -0.3 is 9.47 Å². The Morgan fingerprint density at radius 3 is 2.47 bits per heavy atom. The van der Waals surface area contributed by atoms with Crippen molar-refractivity contribution in [2.45, 2.75) is 44.8 Å². The summed E-state index contributed by atoms with van der Waals surface area (Å²) in [5.74, 6) is -0.365. The van der Waals surface area contributed by atoms with Gasteiger partial charge in [-0.1, -0.05) is 43.7 Å². The average Bonchev–Trinajstić information content (AvgIpc) is 2.39. The fourth-order valence-corrected chi connectivity index (χ4v) is 2.30. The molecular weight excluding hydrogens is 212 g/mol. The molecule has 0 saturated carbocycles. The predicted molar refractivity (Wildman–Crippen MR) is 68.9 cm³/mol. The summed E-state index contributed by atoms with van der Waals surface area (Å²) in [4.78, 5) is 0. The molecule has 0 aromatic heterocycles. The van der Waals surface area contributed by atoms with Gasteiger partial charge in [0.2, 0.25) is 0 Å². The smallest absolute Gasteiger partial charge is 0.172 e. The quantitative estimate of drug-likeness (QED) is 0.775. The Hall–Kier alpha value is -0.860. The fraction of sp³-hybridized carbons (Fsp3) is 0.600. The molecular formula is C15H22O2. The van der Waals surface area contributed by atoms with E-state index in [0.29, 0.717) is 0 Å². The van der Waals surface area contributed by atoms with Crippen molar-refractivity contribution in [2.75, 3.05) is 13.2 Å². The van der Waals surface area contributed by atoms with Crippen LogP contribution in [0, 0.1) is 0 Å². The molecule has 1 fully saturated rings. The lowest BCUT2D eigenvalue weighted by molar-refractivity contribution is -0.269. The Kier molecular flexibility index (Phi) is 4.57. The Morgan fingerprint density at radius 1 is 1.12 bits per heavy atom. The summed E-state index contributed by atoms with van der Waals surface area (Å²) < 4.78 is 11.9.